The lowest BCUT2D eigenvalue weighted by atomic mass is 10.1. The molecule has 0 bridgehead atoms. The number of nitrogens with zero attached hydrogens (tertiary/aromatic N) is 2. The molecule has 0 amide bonds. The van der Waals surface area contributed by atoms with Crippen LogP contribution in [0.15, 0.2) is 109 Å². The number of benzene rings is 4. The Morgan fingerprint density at radius 1 is 0.689 bits per heavy atom. The van der Waals surface area contributed by atoms with Crippen molar-refractivity contribution in [2.75, 3.05) is 38.5 Å². The molecular formula is C47H51N3O10S. The first kappa shape index (κ1) is 45.5. The zero-order valence-electron chi connectivity index (χ0n) is 34.3. The van der Waals surface area contributed by atoms with Gasteiger partial charge in [0.25, 0.3) is 0 Å². The second-order valence-electron chi connectivity index (χ2n) is 13.8. The van der Waals surface area contributed by atoms with Crippen LogP contribution in [0.2, 0.25) is 0 Å². The number of rotatable bonds is 26. The van der Waals surface area contributed by atoms with Gasteiger partial charge in [-0.05, 0) is 130 Å². The number of ether oxygens (including phenoxy) is 6. The molecule has 0 fully saturated rings. The summed E-state index contributed by atoms with van der Waals surface area (Å²) in [6.07, 6.45) is 10.2. The number of anilines is 1. The number of aromatic nitrogens is 1. The van der Waals surface area contributed by atoms with Crippen LogP contribution in [-0.4, -0.2) is 68.1 Å². The van der Waals surface area contributed by atoms with Gasteiger partial charge in [0.1, 0.15) is 17.2 Å². The summed E-state index contributed by atoms with van der Waals surface area (Å²) in [5.74, 6) is -0.0881. The van der Waals surface area contributed by atoms with Gasteiger partial charge >= 0.3 is 23.9 Å². The van der Waals surface area contributed by atoms with Crippen molar-refractivity contribution >= 4 is 56.8 Å². The molecule has 0 radical (unpaired) electrons. The summed E-state index contributed by atoms with van der Waals surface area (Å²) in [5.41, 5.74) is 5.95. The largest absolute Gasteiger partial charge is 0.494 e. The van der Waals surface area contributed by atoms with Crippen molar-refractivity contribution in [1.82, 2.24) is 4.98 Å². The van der Waals surface area contributed by atoms with Crippen LogP contribution in [0.5, 0.6) is 17.2 Å². The molecule has 1 aromatic heterocycles. The van der Waals surface area contributed by atoms with Crippen molar-refractivity contribution in [1.29, 1.82) is 0 Å². The topological polar surface area (TPSA) is 161 Å². The van der Waals surface area contributed by atoms with Gasteiger partial charge < -0.3 is 28.4 Å². The van der Waals surface area contributed by atoms with Crippen molar-refractivity contribution < 1.29 is 47.6 Å². The number of carbonyl (C=O) groups excluding carboxylic acids is 4. The van der Waals surface area contributed by atoms with Crippen LogP contribution in [0.4, 0.5) is 5.13 Å². The molecule has 5 rings (SSSR count). The lowest BCUT2D eigenvalue weighted by Crippen LogP contribution is -2.11. The van der Waals surface area contributed by atoms with Crippen LogP contribution in [0.3, 0.4) is 0 Å². The van der Waals surface area contributed by atoms with Crippen LogP contribution in [-0.2, 0) is 30.2 Å². The monoisotopic (exact) mass is 849 g/mol. The van der Waals surface area contributed by atoms with Crippen LogP contribution in [0.25, 0.3) is 10.2 Å². The number of unbranched alkanes of at least 4 members (excludes halogenated alkanes) is 6. The zero-order chi connectivity index (χ0) is 43.1. The third kappa shape index (κ3) is 16.2. The lowest BCUT2D eigenvalue weighted by Gasteiger charge is -2.11. The first-order chi connectivity index (χ1) is 29.8. The number of carbonyl (C=O) groups is 4. The van der Waals surface area contributed by atoms with Crippen molar-refractivity contribution in [3.05, 3.63) is 126 Å². The number of fused-ring (bicyclic) bond motifs is 1. The molecule has 5 aromatic rings. The Hall–Kier alpha value is -6.54. The molecule has 13 nitrogen and oxygen atoms in total. The van der Waals surface area contributed by atoms with Gasteiger partial charge in [-0.25, -0.2) is 19.4 Å². The van der Waals surface area contributed by atoms with E-state index in [9.17, 15) is 19.2 Å². The number of hydrogen-bond donors (Lipinski definition) is 1. The summed E-state index contributed by atoms with van der Waals surface area (Å²) in [7, 11) is 0. The van der Waals surface area contributed by atoms with E-state index in [0.29, 0.717) is 71.9 Å². The van der Waals surface area contributed by atoms with Gasteiger partial charge in [0, 0.05) is 25.0 Å². The third-order valence-corrected chi connectivity index (χ3v) is 10.0. The van der Waals surface area contributed by atoms with Crippen LogP contribution < -0.4 is 19.6 Å². The number of para-hydroxylation sites is 1. The second-order valence-corrected chi connectivity index (χ2v) is 14.8. The zero-order valence-corrected chi connectivity index (χ0v) is 35.1. The predicted molar refractivity (Wildman–Crippen MR) is 235 cm³/mol. The van der Waals surface area contributed by atoms with Crippen molar-refractivity contribution in [3.8, 4) is 17.2 Å². The molecule has 1 heterocycles. The van der Waals surface area contributed by atoms with Gasteiger partial charge in [0.2, 0.25) is 5.13 Å². The number of hydrazone groups is 1. The molecule has 0 aliphatic carbocycles. The van der Waals surface area contributed by atoms with E-state index in [1.807, 2.05) is 36.4 Å². The van der Waals surface area contributed by atoms with Gasteiger partial charge in [-0.1, -0.05) is 36.1 Å². The maximum atomic E-state index is 13.3. The summed E-state index contributed by atoms with van der Waals surface area (Å²) in [6.45, 7) is 6.79. The smallest absolute Gasteiger partial charge is 0.343 e. The molecule has 0 saturated heterocycles. The summed E-state index contributed by atoms with van der Waals surface area (Å²) < 4.78 is 34.0. The van der Waals surface area contributed by atoms with Gasteiger partial charge in [-0.3, -0.25) is 10.2 Å². The molecule has 1 N–H and O–H groups in total. The van der Waals surface area contributed by atoms with E-state index in [4.69, 9.17) is 28.4 Å². The Bertz CT molecular complexity index is 2190. The van der Waals surface area contributed by atoms with E-state index in [0.717, 1.165) is 73.2 Å². The number of hydrogen-bond acceptors (Lipinski definition) is 14. The highest BCUT2D eigenvalue weighted by molar-refractivity contribution is 7.22. The van der Waals surface area contributed by atoms with E-state index >= 15 is 0 Å². The Kier molecular flexibility index (Phi) is 18.8. The second kappa shape index (κ2) is 25.2. The molecule has 0 aliphatic rings. The van der Waals surface area contributed by atoms with Crippen molar-refractivity contribution in [2.24, 2.45) is 5.10 Å². The molecule has 14 heteroatoms. The van der Waals surface area contributed by atoms with Crippen LogP contribution in [0.1, 0.15) is 90.1 Å². The number of esters is 4. The van der Waals surface area contributed by atoms with E-state index in [1.54, 1.807) is 60.8 Å². The van der Waals surface area contributed by atoms with E-state index in [-0.39, 0.29) is 12.6 Å². The SMILES string of the molecule is C=CC(=O)OCCCCCCOc1ccc(C(=O)Oc2ccc(CCOC(=O)c3ccc(OCCCCCCOC(C)=O)cc3)cc2/C=N/Nc2nc3ccccc3s2)cc1. The lowest BCUT2D eigenvalue weighted by molar-refractivity contribution is -0.141. The third-order valence-electron chi connectivity index (χ3n) is 9.07. The number of thiazole rings is 1. The quantitative estimate of drug-likeness (QED) is 0.0107. The summed E-state index contributed by atoms with van der Waals surface area (Å²) >= 11 is 1.46. The van der Waals surface area contributed by atoms with Gasteiger partial charge in [-0.2, -0.15) is 5.10 Å². The Morgan fingerprint density at radius 2 is 1.30 bits per heavy atom. The van der Waals surface area contributed by atoms with Gasteiger partial charge in [-0.15, -0.1) is 0 Å². The molecule has 0 spiro atoms. The fraction of sp³-hybridized carbons (Fsp3) is 0.319. The maximum Gasteiger partial charge on any atom is 0.343 e. The Morgan fingerprint density at radius 3 is 1.92 bits per heavy atom. The highest BCUT2D eigenvalue weighted by Gasteiger charge is 2.14. The van der Waals surface area contributed by atoms with Crippen LogP contribution >= 0.6 is 11.3 Å². The average Bonchev–Trinajstić information content (AvgIpc) is 3.69. The van der Waals surface area contributed by atoms with Crippen LogP contribution in [0, 0.1) is 0 Å². The normalized spacial score (nSPS) is 10.9. The first-order valence-corrected chi connectivity index (χ1v) is 21.1. The minimum Gasteiger partial charge on any atom is -0.494 e. The Balaban J connectivity index is 1.12. The molecule has 4 aromatic carbocycles. The van der Waals surface area contributed by atoms with Crippen molar-refractivity contribution in [2.45, 2.75) is 64.7 Å². The molecular weight excluding hydrogens is 799 g/mol. The highest BCUT2D eigenvalue weighted by atomic mass is 32.1. The maximum absolute atomic E-state index is 13.3. The standard InChI is InChI=1S/C47H51N3O10S/c1-3-44(52)58-30-13-7-6-12-29-57-40-23-19-37(20-24-40)46(54)60-42-25-16-35(32-38(42)33-48-50-47-49-41-14-8-9-15-43(41)61-47)26-31-59-45(53)36-17-21-39(22-18-36)56-28-11-5-4-10-27-55-34(2)51/h3,8-9,14-25,32-33H,1,4-7,10-13,26-31H2,2H3,(H,49,50)/b48-33+. The minimum atomic E-state index is -0.552. The van der Waals surface area contributed by atoms with Crippen molar-refractivity contribution in [3.63, 3.8) is 0 Å². The van der Waals surface area contributed by atoms with Gasteiger partial charge in [0.15, 0.2) is 0 Å². The first-order valence-electron chi connectivity index (χ1n) is 20.3. The molecule has 0 aliphatic heterocycles. The summed E-state index contributed by atoms with van der Waals surface area (Å²) in [6, 6.07) is 26.7. The highest BCUT2D eigenvalue weighted by Crippen LogP contribution is 2.26. The Labute approximate surface area is 359 Å². The van der Waals surface area contributed by atoms with Gasteiger partial charge in [0.05, 0.1) is 60.6 Å². The van der Waals surface area contributed by atoms with E-state index in [1.165, 1.54) is 18.3 Å². The van der Waals surface area contributed by atoms with E-state index in [2.05, 4.69) is 22.1 Å². The molecule has 320 valence electrons. The molecule has 61 heavy (non-hydrogen) atoms. The fourth-order valence-electron chi connectivity index (χ4n) is 5.85. The average molecular weight is 850 g/mol. The minimum absolute atomic E-state index is 0.121. The summed E-state index contributed by atoms with van der Waals surface area (Å²) in [4.78, 5) is 52.6. The molecule has 0 atom stereocenters. The fourth-order valence-corrected chi connectivity index (χ4v) is 6.66. The number of nitrogens with one attached hydrogen (secondary N) is 1. The molecule has 0 saturated carbocycles. The molecule has 0 unspecified atom stereocenters. The summed E-state index contributed by atoms with van der Waals surface area (Å²) in [5, 5.41) is 5.01. The van der Waals surface area contributed by atoms with E-state index < -0.39 is 17.9 Å². The predicted octanol–water partition coefficient (Wildman–Crippen LogP) is 9.53.